The molecule has 1 aliphatic carbocycles. The monoisotopic (exact) mass is 432 g/mol. The number of ether oxygens (including phenoxy) is 1. The van der Waals surface area contributed by atoms with Gasteiger partial charge in [0.2, 0.25) is 0 Å². The van der Waals surface area contributed by atoms with Crippen LogP contribution in [0.15, 0.2) is 48.7 Å². The fourth-order valence-corrected chi connectivity index (χ4v) is 4.12. The Morgan fingerprint density at radius 3 is 2.59 bits per heavy atom. The molecule has 1 N–H and O–H groups in total. The van der Waals surface area contributed by atoms with Crippen LogP contribution in [0.2, 0.25) is 0 Å². The van der Waals surface area contributed by atoms with Crippen LogP contribution in [0.1, 0.15) is 50.4 Å². The largest absolute Gasteiger partial charge is 0.484 e. The Morgan fingerprint density at radius 2 is 1.88 bits per heavy atom. The van der Waals surface area contributed by atoms with Crippen molar-refractivity contribution in [1.29, 1.82) is 0 Å². The van der Waals surface area contributed by atoms with Crippen molar-refractivity contribution in [2.45, 2.75) is 58.4 Å². The number of hydrogen-bond acceptors (Lipinski definition) is 4. The zero-order valence-corrected chi connectivity index (χ0v) is 19.2. The quantitative estimate of drug-likeness (QED) is 0.604. The second-order valence-electron chi connectivity index (χ2n) is 9.33. The van der Waals surface area contributed by atoms with E-state index in [4.69, 9.17) is 9.84 Å². The SMILES string of the molecule is CC(C)(C)c1ccc(OCC(=O)NCCn2nc(-c3ccccn3)c3c2CCCC3)cc1. The predicted octanol–water partition coefficient (Wildman–Crippen LogP) is 4.32. The third kappa shape index (κ3) is 5.18. The standard InChI is InChI=1S/C26H32N4O2/c1-26(2,3)19-11-13-20(14-12-19)32-18-24(31)28-16-17-30-23-10-5-4-8-21(23)25(29-30)22-9-6-7-15-27-22/h6-7,9,11-15H,4-5,8,10,16-18H2,1-3H3,(H,28,31). The van der Waals surface area contributed by atoms with Gasteiger partial charge in [-0.2, -0.15) is 5.10 Å². The van der Waals surface area contributed by atoms with Crippen LogP contribution in [-0.4, -0.2) is 33.8 Å². The number of aromatic nitrogens is 3. The average molecular weight is 433 g/mol. The molecule has 0 saturated heterocycles. The molecule has 0 aliphatic heterocycles. The van der Waals surface area contributed by atoms with E-state index >= 15 is 0 Å². The van der Waals surface area contributed by atoms with Crippen LogP contribution in [0.5, 0.6) is 5.75 Å². The molecule has 32 heavy (non-hydrogen) atoms. The summed E-state index contributed by atoms with van der Waals surface area (Å²) in [7, 11) is 0. The first-order valence-electron chi connectivity index (χ1n) is 11.4. The fourth-order valence-electron chi connectivity index (χ4n) is 4.12. The van der Waals surface area contributed by atoms with Crippen molar-refractivity contribution in [2.24, 2.45) is 0 Å². The topological polar surface area (TPSA) is 69.0 Å². The Labute approximate surface area is 190 Å². The van der Waals surface area contributed by atoms with E-state index in [0.29, 0.717) is 18.8 Å². The number of amides is 1. The minimum absolute atomic E-state index is 0.00522. The highest BCUT2D eigenvalue weighted by molar-refractivity contribution is 5.77. The molecule has 4 rings (SSSR count). The number of pyridine rings is 1. The molecule has 0 spiro atoms. The lowest BCUT2D eigenvalue weighted by molar-refractivity contribution is -0.123. The lowest BCUT2D eigenvalue weighted by atomic mass is 9.87. The normalized spacial score (nSPS) is 13.5. The number of benzene rings is 1. The fraction of sp³-hybridized carbons (Fsp3) is 0.423. The van der Waals surface area contributed by atoms with Gasteiger partial charge in [-0.15, -0.1) is 0 Å². The van der Waals surface area contributed by atoms with E-state index in [1.54, 1.807) is 6.20 Å². The third-order valence-corrected chi connectivity index (χ3v) is 5.90. The van der Waals surface area contributed by atoms with Gasteiger partial charge in [0.05, 0.1) is 12.2 Å². The number of carbonyl (C=O) groups excluding carboxylic acids is 1. The van der Waals surface area contributed by atoms with E-state index in [2.05, 4.69) is 31.1 Å². The maximum atomic E-state index is 12.3. The molecule has 0 saturated carbocycles. The van der Waals surface area contributed by atoms with Crippen LogP contribution < -0.4 is 10.1 Å². The Balaban J connectivity index is 1.31. The summed E-state index contributed by atoms with van der Waals surface area (Å²) >= 11 is 0. The zero-order valence-electron chi connectivity index (χ0n) is 19.2. The van der Waals surface area contributed by atoms with E-state index in [1.165, 1.54) is 29.7 Å². The first kappa shape index (κ1) is 22.1. The summed E-state index contributed by atoms with van der Waals surface area (Å²) in [4.78, 5) is 16.8. The van der Waals surface area contributed by atoms with Crippen LogP contribution in [0, 0.1) is 0 Å². The highest BCUT2D eigenvalue weighted by Crippen LogP contribution is 2.30. The number of fused-ring (bicyclic) bond motifs is 1. The molecule has 168 valence electrons. The van der Waals surface area contributed by atoms with Gasteiger partial charge < -0.3 is 10.1 Å². The molecule has 1 aliphatic rings. The summed E-state index contributed by atoms with van der Waals surface area (Å²) in [6, 6.07) is 13.9. The van der Waals surface area contributed by atoms with Crippen molar-refractivity contribution in [2.75, 3.05) is 13.2 Å². The highest BCUT2D eigenvalue weighted by atomic mass is 16.5. The minimum atomic E-state index is -0.129. The summed E-state index contributed by atoms with van der Waals surface area (Å²) in [5.41, 5.74) is 5.82. The third-order valence-electron chi connectivity index (χ3n) is 5.90. The van der Waals surface area contributed by atoms with Crippen molar-refractivity contribution in [3.8, 4) is 17.1 Å². The molecule has 3 aromatic rings. The molecule has 0 fully saturated rings. The Bertz CT molecular complexity index is 1050. The van der Waals surface area contributed by atoms with Crippen molar-refractivity contribution in [3.05, 3.63) is 65.5 Å². The second kappa shape index (κ2) is 9.55. The predicted molar refractivity (Wildman–Crippen MR) is 126 cm³/mol. The molecular weight excluding hydrogens is 400 g/mol. The smallest absolute Gasteiger partial charge is 0.258 e. The molecule has 0 bridgehead atoms. The summed E-state index contributed by atoms with van der Waals surface area (Å²) < 4.78 is 7.69. The Kier molecular flexibility index (Phi) is 6.58. The number of carbonyl (C=O) groups is 1. The molecule has 2 heterocycles. The van der Waals surface area contributed by atoms with E-state index in [1.807, 2.05) is 47.1 Å². The van der Waals surface area contributed by atoms with Crippen LogP contribution in [0.4, 0.5) is 0 Å². The van der Waals surface area contributed by atoms with Crippen molar-refractivity contribution < 1.29 is 9.53 Å². The van der Waals surface area contributed by atoms with E-state index < -0.39 is 0 Å². The summed E-state index contributed by atoms with van der Waals surface area (Å²) in [6.45, 7) is 7.68. The molecule has 1 amide bonds. The van der Waals surface area contributed by atoms with Gasteiger partial charge in [-0.25, -0.2) is 0 Å². The van der Waals surface area contributed by atoms with Gasteiger partial charge >= 0.3 is 0 Å². The van der Waals surface area contributed by atoms with Gasteiger partial charge in [-0.3, -0.25) is 14.5 Å². The highest BCUT2D eigenvalue weighted by Gasteiger charge is 2.22. The van der Waals surface area contributed by atoms with E-state index in [9.17, 15) is 4.79 Å². The number of hydrogen-bond donors (Lipinski definition) is 1. The molecule has 6 heteroatoms. The van der Waals surface area contributed by atoms with Crippen LogP contribution in [0.25, 0.3) is 11.4 Å². The van der Waals surface area contributed by atoms with Gasteiger partial charge in [0.1, 0.15) is 11.4 Å². The molecule has 0 atom stereocenters. The Hall–Kier alpha value is -3.15. The lowest BCUT2D eigenvalue weighted by Crippen LogP contribution is -2.32. The first-order chi connectivity index (χ1) is 15.4. The van der Waals surface area contributed by atoms with Gasteiger partial charge in [0.25, 0.3) is 5.91 Å². The summed E-state index contributed by atoms with van der Waals surface area (Å²) in [6.07, 6.45) is 6.23. The Morgan fingerprint density at radius 1 is 1.09 bits per heavy atom. The van der Waals surface area contributed by atoms with Crippen molar-refractivity contribution in [1.82, 2.24) is 20.1 Å². The molecule has 0 radical (unpaired) electrons. The van der Waals surface area contributed by atoms with Gasteiger partial charge in [0, 0.05) is 24.0 Å². The van der Waals surface area contributed by atoms with E-state index in [-0.39, 0.29) is 17.9 Å². The lowest BCUT2D eigenvalue weighted by Gasteiger charge is -2.19. The molecular formula is C26H32N4O2. The van der Waals surface area contributed by atoms with Crippen molar-refractivity contribution >= 4 is 5.91 Å². The molecule has 1 aromatic carbocycles. The van der Waals surface area contributed by atoms with Gasteiger partial charge in [-0.1, -0.05) is 39.0 Å². The van der Waals surface area contributed by atoms with E-state index in [0.717, 1.165) is 24.2 Å². The van der Waals surface area contributed by atoms with Crippen LogP contribution in [-0.2, 0) is 29.6 Å². The van der Waals surface area contributed by atoms with Crippen LogP contribution in [0.3, 0.4) is 0 Å². The zero-order chi connectivity index (χ0) is 22.6. The molecule has 6 nitrogen and oxygen atoms in total. The summed E-state index contributed by atoms with van der Waals surface area (Å²) in [5, 5.41) is 7.80. The van der Waals surface area contributed by atoms with Crippen molar-refractivity contribution in [3.63, 3.8) is 0 Å². The maximum absolute atomic E-state index is 12.3. The maximum Gasteiger partial charge on any atom is 0.258 e. The first-order valence-corrected chi connectivity index (χ1v) is 11.4. The average Bonchev–Trinajstić information content (AvgIpc) is 3.17. The van der Waals surface area contributed by atoms with Gasteiger partial charge in [0.15, 0.2) is 6.61 Å². The number of nitrogens with zero attached hydrogens (tertiary/aromatic N) is 3. The van der Waals surface area contributed by atoms with Crippen LogP contribution >= 0.6 is 0 Å². The van der Waals surface area contributed by atoms with Gasteiger partial charge in [-0.05, 0) is 60.9 Å². The number of nitrogens with one attached hydrogen (secondary N) is 1. The molecule has 0 unspecified atom stereocenters. The minimum Gasteiger partial charge on any atom is -0.484 e. The molecule has 2 aromatic heterocycles. The second-order valence-corrected chi connectivity index (χ2v) is 9.33. The summed E-state index contributed by atoms with van der Waals surface area (Å²) in [5.74, 6) is 0.574. The number of rotatable bonds is 7.